The number of hydrogen-bond donors (Lipinski definition) is 0. The molecule has 272 valence electrons. The van der Waals surface area contributed by atoms with Crippen LogP contribution in [-0.2, 0) is 38.5 Å². The molecule has 0 aliphatic carbocycles. The monoisotopic (exact) mass is 667 g/mol. The molecule has 2 aromatic carbocycles. The Bertz CT molecular complexity index is 1310. The molecule has 0 amide bonds. The van der Waals surface area contributed by atoms with Gasteiger partial charge in [-0.2, -0.15) is 0 Å². The van der Waals surface area contributed by atoms with E-state index in [9.17, 15) is 5.53 Å². The van der Waals surface area contributed by atoms with Crippen molar-refractivity contribution >= 4 is 11.4 Å². The molecule has 0 heterocycles. The third-order valence-electron chi connectivity index (χ3n) is 10.3. The van der Waals surface area contributed by atoms with Crippen LogP contribution in [0.25, 0.3) is 11.1 Å². The Balaban J connectivity index is 3.20. The number of rotatable bonds is 26. The highest BCUT2D eigenvalue weighted by Gasteiger charge is 2.23. The summed E-state index contributed by atoms with van der Waals surface area (Å²) in [6.07, 6.45) is 26.6. The quantitative estimate of drug-likeness (QED) is 0.0315. The first-order chi connectivity index (χ1) is 24.0. The highest BCUT2D eigenvalue weighted by molar-refractivity contribution is 5.88. The molecule has 0 spiro atoms. The molecular weight excluding hydrogens is 593 g/mol. The van der Waals surface area contributed by atoms with Crippen LogP contribution in [0.3, 0.4) is 0 Å². The Morgan fingerprint density at radius 2 is 0.918 bits per heavy atom. The lowest BCUT2D eigenvalue weighted by molar-refractivity contribution is 0.00739. The summed E-state index contributed by atoms with van der Waals surface area (Å²) < 4.78 is 0. The minimum atomic E-state index is 0.907. The van der Waals surface area contributed by atoms with Crippen molar-refractivity contribution in [1.82, 2.24) is 0 Å². The van der Waals surface area contributed by atoms with E-state index in [-0.39, 0.29) is 0 Å². The van der Waals surface area contributed by atoms with Crippen LogP contribution in [0, 0.1) is 0 Å². The zero-order valence-corrected chi connectivity index (χ0v) is 33.5. The molecule has 0 N–H and O–H groups in total. The van der Waals surface area contributed by atoms with Gasteiger partial charge in [0.25, 0.3) is 0 Å². The van der Waals surface area contributed by atoms with Gasteiger partial charge in [-0.05, 0) is 139 Å². The summed E-state index contributed by atoms with van der Waals surface area (Å²) in [6.45, 7) is 18.5. The summed E-state index contributed by atoms with van der Waals surface area (Å²) in [5.74, 6) is 3.18. The third kappa shape index (κ3) is 13.5. The van der Waals surface area contributed by atoms with Gasteiger partial charge in [0.2, 0.25) is 0 Å². The highest BCUT2D eigenvalue weighted by atomic mass is 14.8. The van der Waals surface area contributed by atoms with Crippen molar-refractivity contribution in [3.8, 4) is 0 Å². The predicted molar refractivity (Wildman–Crippen MR) is 217 cm³/mol. The summed E-state index contributed by atoms with van der Waals surface area (Å²) in [6, 6.07) is 10.3. The van der Waals surface area contributed by atoms with Crippen LogP contribution in [-0.4, -0.2) is 10.7 Å². The molecule has 49 heavy (non-hydrogen) atoms. The maximum Gasteiger partial charge on any atom is 0.303 e. The molecule has 0 aliphatic rings. The molecule has 0 atom stereocenters. The first-order valence-electron chi connectivity index (χ1n) is 21.0. The summed E-state index contributed by atoms with van der Waals surface area (Å²) in [5, 5.41) is 0. The van der Waals surface area contributed by atoms with Gasteiger partial charge in [-0.25, -0.2) is 0 Å². The smallest absolute Gasteiger partial charge is 0.303 e. The zero-order chi connectivity index (χ0) is 35.9. The second-order valence-electron chi connectivity index (χ2n) is 14.6. The van der Waals surface area contributed by atoms with E-state index < -0.39 is 0 Å². The van der Waals surface area contributed by atoms with E-state index in [0.29, 0.717) is 0 Å². The van der Waals surface area contributed by atoms with Crippen molar-refractivity contribution < 1.29 is 4.79 Å². The number of benzene rings is 2. The number of unbranched alkanes of at least 4 members (excludes halogenated alkanes) is 7. The molecule has 2 rings (SSSR count). The van der Waals surface area contributed by atoms with Gasteiger partial charge in [-0.1, -0.05) is 144 Å². The first-order valence-corrected chi connectivity index (χ1v) is 21.0. The number of nitrogens with zero attached hydrogens (tertiary/aromatic N) is 2. The molecule has 0 saturated heterocycles. The molecule has 2 nitrogen and oxygen atoms in total. The molecular formula is C47H74N2. The summed E-state index contributed by atoms with van der Waals surface area (Å²) in [7, 11) is 0. The van der Waals surface area contributed by atoms with Crippen molar-refractivity contribution in [2.45, 2.75) is 203 Å². The molecule has 2 heteroatoms. The Morgan fingerprint density at radius 3 is 1.37 bits per heavy atom. The van der Waals surface area contributed by atoms with E-state index in [2.05, 4.69) is 90.3 Å². The van der Waals surface area contributed by atoms with Gasteiger partial charge >= 0.3 is 5.87 Å². The molecule has 2 aromatic rings. The van der Waals surface area contributed by atoms with E-state index in [1.807, 2.05) is 0 Å². The molecule has 0 unspecified atom stereocenters. The Hall–Kier alpha value is -2.66. The van der Waals surface area contributed by atoms with Crippen LogP contribution < -0.4 is 0 Å². The van der Waals surface area contributed by atoms with Crippen LogP contribution in [0.1, 0.15) is 209 Å². The molecule has 0 radical (unpaired) electrons. The lowest BCUT2D eigenvalue weighted by Crippen LogP contribution is -2.08. The average molecular weight is 667 g/mol. The van der Waals surface area contributed by atoms with Gasteiger partial charge in [0.15, 0.2) is 0 Å². The number of aryl methyl sites for hydroxylation is 4. The predicted octanol–water partition coefficient (Wildman–Crippen LogP) is 14.4. The average Bonchev–Trinajstić information content (AvgIpc) is 3.10. The molecule has 0 bridgehead atoms. The molecule has 0 fully saturated rings. The fourth-order valence-electron chi connectivity index (χ4n) is 7.65. The Labute approximate surface area is 303 Å². The van der Waals surface area contributed by atoms with E-state index in [4.69, 9.17) is 0 Å². The van der Waals surface area contributed by atoms with Crippen LogP contribution in [0.2, 0.25) is 0 Å². The molecule has 0 aliphatic heterocycles. The van der Waals surface area contributed by atoms with Crippen molar-refractivity contribution in [2.75, 3.05) is 0 Å². The van der Waals surface area contributed by atoms with E-state index in [0.717, 1.165) is 82.6 Å². The fraction of sp³-hybridized carbons (Fsp3) is 0.660. The van der Waals surface area contributed by atoms with Crippen molar-refractivity contribution in [1.29, 1.82) is 0 Å². The Kier molecular flexibility index (Phi) is 22.0. The van der Waals surface area contributed by atoms with Crippen LogP contribution in [0.4, 0.5) is 0 Å². The second-order valence-corrected chi connectivity index (χ2v) is 14.6. The standard InChI is InChI=1S/C47H74N2/c1-9-17-22-23-29-41(36-49-48)46(31-21-13-5)47(42-32-37(24-14-6)44(26-16-8)38(33-42)25-15-7)43-34-39(27-18-10-2)45(30-20-12-4)40(35-43)28-19-11-3/h32-35H,9-31H2,1-8H3. The van der Waals surface area contributed by atoms with Gasteiger partial charge in [-0.15, -0.1) is 4.79 Å². The SMILES string of the molecule is CCCCCCC(=C=[N+]=[N-])C(CCCC)=C(c1cc(CCC)c(CCC)c(CCC)c1)c1cc(CCCC)c(CCCC)c(CCCC)c1. The van der Waals surface area contributed by atoms with E-state index in [1.165, 1.54) is 92.9 Å². The van der Waals surface area contributed by atoms with E-state index >= 15 is 0 Å². The lowest BCUT2D eigenvalue weighted by Gasteiger charge is -2.24. The van der Waals surface area contributed by atoms with Crippen molar-refractivity contribution in [2.24, 2.45) is 0 Å². The van der Waals surface area contributed by atoms with Gasteiger partial charge in [0.05, 0.1) is 5.57 Å². The summed E-state index contributed by atoms with van der Waals surface area (Å²) >= 11 is 0. The van der Waals surface area contributed by atoms with Gasteiger partial charge < -0.3 is 5.53 Å². The normalized spacial score (nSPS) is 11.8. The zero-order valence-electron chi connectivity index (χ0n) is 33.5. The number of allylic oxidation sites excluding steroid dienone is 2. The molecule has 0 saturated carbocycles. The lowest BCUT2D eigenvalue weighted by atomic mass is 9.80. The molecule has 0 aromatic heterocycles. The van der Waals surface area contributed by atoms with Crippen molar-refractivity contribution in [3.05, 3.63) is 85.5 Å². The van der Waals surface area contributed by atoms with Crippen LogP contribution >= 0.6 is 0 Å². The maximum absolute atomic E-state index is 10.0. The van der Waals surface area contributed by atoms with Crippen molar-refractivity contribution in [3.63, 3.8) is 0 Å². The van der Waals surface area contributed by atoms with E-state index in [1.54, 1.807) is 33.4 Å². The third-order valence-corrected chi connectivity index (χ3v) is 10.3. The second kappa shape index (κ2) is 25.3. The Morgan fingerprint density at radius 1 is 0.469 bits per heavy atom. The fourth-order valence-corrected chi connectivity index (χ4v) is 7.65. The number of hydrogen-bond acceptors (Lipinski definition) is 0. The van der Waals surface area contributed by atoms with Gasteiger partial charge in [0.1, 0.15) is 0 Å². The van der Waals surface area contributed by atoms with Gasteiger partial charge in [-0.3, -0.25) is 0 Å². The first kappa shape index (κ1) is 42.5. The maximum atomic E-state index is 10.0. The highest BCUT2D eigenvalue weighted by Crippen LogP contribution is 2.39. The minimum absolute atomic E-state index is 0.907. The summed E-state index contributed by atoms with van der Waals surface area (Å²) in [5.41, 5.74) is 26.1. The van der Waals surface area contributed by atoms with Gasteiger partial charge in [0, 0.05) is 0 Å². The summed E-state index contributed by atoms with van der Waals surface area (Å²) in [4.78, 5) is 3.61. The largest absolute Gasteiger partial charge is 0.348 e. The minimum Gasteiger partial charge on any atom is -0.348 e. The van der Waals surface area contributed by atoms with Crippen LogP contribution in [0.15, 0.2) is 35.4 Å². The topological polar surface area (TPSA) is 36.4 Å². The van der Waals surface area contributed by atoms with Crippen LogP contribution in [0.5, 0.6) is 0 Å².